The van der Waals surface area contributed by atoms with Gasteiger partial charge in [-0.25, -0.2) is 4.98 Å². The number of aliphatic carboxylic acids is 1. The smallest absolute Gasteiger partial charge is 0.303 e. The van der Waals surface area contributed by atoms with Crippen molar-refractivity contribution in [2.24, 2.45) is 0 Å². The summed E-state index contributed by atoms with van der Waals surface area (Å²) in [6.45, 7) is 0. The zero-order valence-corrected chi connectivity index (χ0v) is 9.41. The van der Waals surface area contributed by atoms with E-state index in [0.717, 1.165) is 17.7 Å². The Bertz CT molecular complexity index is 492. The van der Waals surface area contributed by atoms with E-state index in [1.807, 2.05) is 29.0 Å². The Morgan fingerprint density at radius 1 is 1.41 bits per heavy atom. The largest absolute Gasteiger partial charge is 0.481 e. The maximum atomic E-state index is 10.4. The predicted octanol–water partition coefficient (Wildman–Crippen LogP) is 2.28. The van der Waals surface area contributed by atoms with Gasteiger partial charge in [-0.3, -0.25) is 4.79 Å². The summed E-state index contributed by atoms with van der Waals surface area (Å²) in [4.78, 5) is 14.4. The van der Waals surface area contributed by atoms with Gasteiger partial charge >= 0.3 is 5.97 Å². The molecular formula is C13H14N2O2. The molecule has 0 amide bonds. The third-order valence-electron chi connectivity index (χ3n) is 2.57. The monoisotopic (exact) mass is 230 g/mol. The highest BCUT2D eigenvalue weighted by Crippen LogP contribution is 2.12. The molecule has 1 aromatic heterocycles. The molecule has 88 valence electrons. The first-order valence-electron chi connectivity index (χ1n) is 5.55. The lowest BCUT2D eigenvalue weighted by Crippen LogP contribution is -1.97. The SMILES string of the molecule is O=C(O)CCCc1cccc(-n2ccnc2)c1. The maximum Gasteiger partial charge on any atom is 0.303 e. The molecule has 1 heterocycles. The third-order valence-corrected chi connectivity index (χ3v) is 2.57. The molecule has 0 atom stereocenters. The van der Waals surface area contributed by atoms with Crippen molar-refractivity contribution in [1.82, 2.24) is 9.55 Å². The summed E-state index contributed by atoms with van der Waals surface area (Å²) < 4.78 is 1.93. The van der Waals surface area contributed by atoms with Crippen molar-refractivity contribution in [3.8, 4) is 5.69 Å². The first-order valence-corrected chi connectivity index (χ1v) is 5.55. The van der Waals surface area contributed by atoms with Gasteiger partial charge in [0, 0.05) is 24.5 Å². The van der Waals surface area contributed by atoms with Crippen LogP contribution in [0.2, 0.25) is 0 Å². The number of nitrogens with zero attached hydrogens (tertiary/aromatic N) is 2. The minimum Gasteiger partial charge on any atom is -0.481 e. The molecule has 0 aliphatic heterocycles. The second-order valence-corrected chi connectivity index (χ2v) is 3.89. The summed E-state index contributed by atoms with van der Waals surface area (Å²) in [5, 5.41) is 8.58. The molecule has 0 bridgehead atoms. The Kier molecular flexibility index (Phi) is 3.55. The Balaban J connectivity index is 2.04. The van der Waals surface area contributed by atoms with Crippen LogP contribution in [0, 0.1) is 0 Å². The number of carboxylic acid groups (broad SMARTS) is 1. The molecule has 4 nitrogen and oxygen atoms in total. The van der Waals surface area contributed by atoms with Crippen LogP contribution < -0.4 is 0 Å². The van der Waals surface area contributed by atoms with Crippen molar-refractivity contribution in [3.05, 3.63) is 48.5 Å². The molecule has 2 aromatic rings. The van der Waals surface area contributed by atoms with Crippen LogP contribution in [0.5, 0.6) is 0 Å². The van der Waals surface area contributed by atoms with Gasteiger partial charge in [-0.05, 0) is 30.5 Å². The molecule has 0 aliphatic rings. The van der Waals surface area contributed by atoms with Gasteiger partial charge in [0.15, 0.2) is 0 Å². The lowest BCUT2D eigenvalue weighted by atomic mass is 10.1. The molecule has 2 rings (SSSR count). The average molecular weight is 230 g/mol. The minimum absolute atomic E-state index is 0.218. The average Bonchev–Trinajstić information content (AvgIpc) is 2.82. The number of rotatable bonds is 5. The van der Waals surface area contributed by atoms with E-state index in [1.54, 1.807) is 12.5 Å². The first kappa shape index (κ1) is 11.4. The Hall–Kier alpha value is -2.10. The molecule has 1 N–H and O–H groups in total. The Morgan fingerprint density at radius 3 is 3.00 bits per heavy atom. The molecule has 0 unspecified atom stereocenters. The van der Waals surface area contributed by atoms with Crippen LogP contribution in [0.4, 0.5) is 0 Å². The van der Waals surface area contributed by atoms with Gasteiger partial charge in [-0.1, -0.05) is 12.1 Å². The number of benzene rings is 1. The molecule has 0 saturated carbocycles. The topological polar surface area (TPSA) is 55.1 Å². The van der Waals surface area contributed by atoms with E-state index in [0.29, 0.717) is 6.42 Å². The fourth-order valence-electron chi connectivity index (χ4n) is 1.73. The molecule has 0 radical (unpaired) electrons. The number of carbonyl (C=O) groups is 1. The molecule has 1 aromatic carbocycles. The number of hydrogen-bond donors (Lipinski definition) is 1. The highest BCUT2D eigenvalue weighted by Gasteiger charge is 2.00. The number of hydrogen-bond acceptors (Lipinski definition) is 2. The predicted molar refractivity (Wildman–Crippen MR) is 64.1 cm³/mol. The fraction of sp³-hybridized carbons (Fsp3) is 0.231. The maximum absolute atomic E-state index is 10.4. The molecule has 17 heavy (non-hydrogen) atoms. The zero-order chi connectivity index (χ0) is 12.1. The second-order valence-electron chi connectivity index (χ2n) is 3.89. The van der Waals surface area contributed by atoms with Gasteiger partial charge in [0.25, 0.3) is 0 Å². The van der Waals surface area contributed by atoms with Gasteiger partial charge in [0.2, 0.25) is 0 Å². The first-order chi connectivity index (χ1) is 8.25. The molecule has 0 fully saturated rings. The summed E-state index contributed by atoms with van der Waals surface area (Å²) >= 11 is 0. The van der Waals surface area contributed by atoms with Crippen molar-refractivity contribution in [2.75, 3.05) is 0 Å². The quantitative estimate of drug-likeness (QED) is 0.857. The third kappa shape index (κ3) is 3.17. The van der Waals surface area contributed by atoms with Crippen LogP contribution in [-0.4, -0.2) is 20.6 Å². The molecule has 0 aliphatic carbocycles. The van der Waals surface area contributed by atoms with Crippen molar-refractivity contribution in [2.45, 2.75) is 19.3 Å². The van der Waals surface area contributed by atoms with Crippen LogP contribution in [-0.2, 0) is 11.2 Å². The number of carboxylic acids is 1. The van der Waals surface area contributed by atoms with Crippen molar-refractivity contribution < 1.29 is 9.90 Å². The Labute approximate surface area is 99.5 Å². The van der Waals surface area contributed by atoms with Crippen LogP contribution in [0.3, 0.4) is 0 Å². The summed E-state index contributed by atoms with van der Waals surface area (Å²) in [6, 6.07) is 8.06. The van der Waals surface area contributed by atoms with Crippen molar-refractivity contribution >= 4 is 5.97 Å². The normalized spacial score (nSPS) is 10.4. The van der Waals surface area contributed by atoms with Crippen molar-refractivity contribution in [1.29, 1.82) is 0 Å². The van der Waals surface area contributed by atoms with Gasteiger partial charge in [0.05, 0.1) is 6.33 Å². The fourth-order valence-corrected chi connectivity index (χ4v) is 1.73. The number of imidazole rings is 1. The van der Waals surface area contributed by atoms with E-state index < -0.39 is 5.97 Å². The number of aryl methyl sites for hydroxylation is 1. The van der Waals surface area contributed by atoms with E-state index in [9.17, 15) is 4.79 Å². The van der Waals surface area contributed by atoms with Gasteiger partial charge in [0.1, 0.15) is 0 Å². The second kappa shape index (κ2) is 5.30. The molecule has 4 heteroatoms. The molecule has 0 saturated heterocycles. The minimum atomic E-state index is -0.740. The highest BCUT2D eigenvalue weighted by molar-refractivity contribution is 5.66. The highest BCUT2D eigenvalue weighted by atomic mass is 16.4. The van der Waals surface area contributed by atoms with Gasteiger partial charge in [-0.15, -0.1) is 0 Å². The van der Waals surface area contributed by atoms with Crippen molar-refractivity contribution in [3.63, 3.8) is 0 Å². The summed E-state index contributed by atoms with van der Waals surface area (Å²) in [6.07, 6.45) is 7.04. The Morgan fingerprint density at radius 2 is 2.29 bits per heavy atom. The number of aromatic nitrogens is 2. The lowest BCUT2D eigenvalue weighted by Gasteiger charge is -2.05. The van der Waals surface area contributed by atoms with E-state index in [-0.39, 0.29) is 6.42 Å². The van der Waals surface area contributed by atoms with Crippen LogP contribution in [0.25, 0.3) is 5.69 Å². The van der Waals surface area contributed by atoms with E-state index >= 15 is 0 Å². The van der Waals surface area contributed by atoms with Gasteiger partial charge in [-0.2, -0.15) is 0 Å². The zero-order valence-electron chi connectivity index (χ0n) is 9.41. The molecule has 0 spiro atoms. The van der Waals surface area contributed by atoms with Crippen LogP contribution in [0.1, 0.15) is 18.4 Å². The van der Waals surface area contributed by atoms with E-state index in [1.165, 1.54) is 0 Å². The summed E-state index contributed by atoms with van der Waals surface area (Å²) in [7, 11) is 0. The van der Waals surface area contributed by atoms with Crippen LogP contribution in [0.15, 0.2) is 43.0 Å². The van der Waals surface area contributed by atoms with Gasteiger partial charge < -0.3 is 9.67 Å². The molecular weight excluding hydrogens is 216 g/mol. The van der Waals surface area contributed by atoms with Crippen LogP contribution >= 0.6 is 0 Å². The van der Waals surface area contributed by atoms with E-state index in [4.69, 9.17) is 5.11 Å². The lowest BCUT2D eigenvalue weighted by molar-refractivity contribution is -0.137. The standard InChI is InChI=1S/C13H14N2O2/c16-13(17)6-2-4-11-3-1-5-12(9-11)15-8-7-14-10-15/h1,3,5,7-10H,2,4,6H2,(H,16,17). The van der Waals surface area contributed by atoms with E-state index in [2.05, 4.69) is 11.1 Å². The summed E-state index contributed by atoms with van der Waals surface area (Å²) in [5.41, 5.74) is 2.20. The summed E-state index contributed by atoms with van der Waals surface area (Å²) in [5.74, 6) is -0.740.